The van der Waals surface area contributed by atoms with Crippen LogP contribution in [0.25, 0.3) is 16.5 Å². The molecule has 0 bridgehead atoms. The number of allylic oxidation sites excluding steroid dienone is 1. The number of benzene rings is 1. The second kappa shape index (κ2) is 9.71. The van der Waals surface area contributed by atoms with Crippen LogP contribution in [0.4, 0.5) is 16.6 Å². The Morgan fingerprint density at radius 3 is 2.60 bits per heavy atom. The number of fused-ring (bicyclic) bond motifs is 1. The highest BCUT2D eigenvalue weighted by Gasteiger charge is 2.50. The summed E-state index contributed by atoms with van der Waals surface area (Å²) in [6, 6.07) is 6.00. The van der Waals surface area contributed by atoms with Crippen molar-refractivity contribution in [1.29, 1.82) is 0 Å². The van der Waals surface area contributed by atoms with Crippen molar-refractivity contribution in [3.8, 4) is 0 Å². The lowest BCUT2D eigenvalue weighted by atomic mass is 9.79. The zero-order chi connectivity index (χ0) is 25.3. The lowest BCUT2D eigenvalue weighted by Crippen LogP contribution is -2.59. The number of hydrogen-bond acceptors (Lipinski definition) is 6. The summed E-state index contributed by atoms with van der Waals surface area (Å²) in [5.41, 5.74) is 2.78. The van der Waals surface area contributed by atoms with E-state index < -0.39 is 6.09 Å². The molecule has 9 nitrogen and oxygen atoms in total. The normalized spacial score (nSPS) is 17.5. The van der Waals surface area contributed by atoms with Crippen molar-refractivity contribution in [2.45, 2.75) is 46.1 Å². The maximum atomic E-state index is 12.2. The largest absolute Gasteiger partial charge is 0.465 e. The minimum atomic E-state index is -0.859. The number of carbonyl (C=O) groups excluding carboxylic acids is 1. The average Bonchev–Trinajstić information content (AvgIpc) is 3.23. The van der Waals surface area contributed by atoms with E-state index in [1.54, 1.807) is 7.05 Å². The molecule has 0 saturated carbocycles. The van der Waals surface area contributed by atoms with Gasteiger partial charge in [-0.2, -0.15) is 4.98 Å². The third-order valence-corrected chi connectivity index (χ3v) is 7.03. The molecule has 188 valence electrons. The van der Waals surface area contributed by atoms with Gasteiger partial charge in [0, 0.05) is 56.5 Å². The van der Waals surface area contributed by atoms with Gasteiger partial charge in [0.25, 0.3) is 0 Å². The minimum Gasteiger partial charge on any atom is -0.465 e. The van der Waals surface area contributed by atoms with E-state index in [1.807, 2.05) is 25.1 Å². The van der Waals surface area contributed by atoms with Gasteiger partial charge in [0.15, 0.2) is 0 Å². The maximum Gasteiger partial charge on any atom is 0.407 e. The topological polar surface area (TPSA) is 111 Å². The van der Waals surface area contributed by atoms with E-state index in [9.17, 15) is 14.7 Å². The van der Waals surface area contributed by atoms with E-state index in [2.05, 4.69) is 36.0 Å². The summed E-state index contributed by atoms with van der Waals surface area (Å²) in [4.78, 5) is 36.9. The molecule has 2 aliphatic rings. The van der Waals surface area contributed by atoms with E-state index in [0.29, 0.717) is 31.4 Å². The van der Waals surface area contributed by atoms with E-state index in [1.165, 1.54) is 4.90 Å². The van der Waals surface area contributed by atoms with Gasteiger partial charge in [0.2, 0.25) is 11.9 Å². The molecular formula is C26H36N6O3. The van der Waals surface area contributed by atoms with Crippen LogP contribution in [-0.2, 0) is 4.79 Å². The van der Waals surface area contributed by atoms with Gasteiger partial charge in [-0.3, -0.25) is 4.79 Å². The monoisotopic (exact) mass is 480 g/mol. The Kier molecular flexibility index (Phi) is 6.87. The molecule has 2 saturated heterocycles. The molecule has 9 heteroatoms. The number of nitrogens with one attached hydrogen (secondary N) is 2. The van der Waals surface area contributed by atoms with Crippen molar-refractivity contribution >= 4 is 40.2 Å². The standard InChI is InChI=1S/C26H36N6O3/c1-16(2)10-19(12-22(33)27-5)28-23-20-7-6-18(17(3)4)11-21(20)29-24(30-23)31-9-8-26(13-31)14-32(15-26)25(34)35/h6-7,11,16,19H,3,8-10,12-15H2,1-2,4-5H3,(H,27,33)(H,34,35)(H,28,29,30). The minimum absolute atomic E-state index is 0.0132. The lowest BCUT2D eigenvalue weighted by Gasteiger charge is -2.46. The fourth-order valence-electron chi connectivity index (χ4n) is 5.18. The van der Waals surface area contributed by atoms with Gasteiger partial charge < -0.3 is 25.5 Å². The molecule has 1 spiro atoms. The molecule has 0 radical (unpaired) electrons. The van der Waals surface area contributed by atoms with E-state index >= 15 is 0 Å². The Bertz CT molecular complexity index is 1140. The Hall–Kier alpha value is -3.36. The third-order valence-electron chi connectivity index (χ3n) is 7.03. The predicted octanol–water partition coefficient (Wildman–Crippen LogP) is 3.82. The number of rotatable bonds is 8. The zero-order valence-electron chi connectivity index (χ0n) is 21.1. The Morgan fingerprint density at radius 1 is 1.23 bits per heavy atom. The van der Waals surface area contributed by atoms with Crippen molar-refractivity contribution in [2.75, 3.05) is 43.4 Å². The van der Waals surface area contributed by atoms with Crippen molar-refractivity contribution < 1.29 is 14.7 Å². The van der Waals surface area contributed by atoms with E-state index in [0.717, 1.165) is 53.8 Å². The number of hydrogen-bond donors (Lipinski definition) is 3. The summed E-state index contributed by atoms with van der Waals surface area (Å²) in [6.45, 7) is 13.0. The molecule has 0 aliphatic carbocycles. The molecule has 1 atom stereocenters. The number of amides is 2. The highest BCUT2D eigenvalue weighted by Crippen LogP contribution is 2.41. The summed E-state index contributed by atoms with van der Waals surface area (Å²) in [7, 11) is 1.65. The summed E-state index contributed by atoms with van der Waals surface area (Å²) in [5.74, 6) is 1.75. The van der Waals surface area contributed by atoms with Gasteiger partial charge in [0.1, 0.15) is 5.82 Å². The van der Waals surface area contributed by atoms with Crippen molar-refractivity contribution in [3.63, 3.8) is 0 Å². The van der Waals surface area contributed by atoms with Gasteiger partial charge in [-0.05, 0) is 43.4 Å². The molecule has 2 aromatic rings. The molecule has 3 heterocycles. The summed E-state index contributed by atoms with van der Waals surface area (Å²) in [5, 5.41) is 16.4. The fraction of sp³-hybridized carbons (Fsp3) is 0.538. The second-order valence-corrected chi connectivity index (χ2v) is 10.5. The van der Waals surface area contributed by atoms with E-state index in [-0.39, 0.29) is 17.4 Å². The lowest BCUT2D eigenvalue weighted by molar-refractivity contribution is -0.120. The molecule has 2 fully saturated rings. The molecular weight excluding hydrogens is 444 g/mol. The number of anilines is 2. The Balaban J connectivity index is 1.67. The molecule has 3 N–H and O–H groups in total. The summed E-state index contributed by atoms with van der Waals surface area (Å²) >= 11 is 0. The zero-order valence-corrected chi connectivity index (χ0v) is 21.1. The first-order valence-electron chi connectivity index (χ1n) is 12.3. The Morgan fingerprint density at radius 2 is 1.97 bits per heavy atom. The van der Waals surface area contributed by atoms with Gasteiger partial charge in [-0.1, -0.05) is 32.1 Å². The summed E-state index contributed by atoms with van der Waals surface area (Å²) in [6.07, 6.45) is 1.24. The van der Waals surface area contributed by atoms with Crippen LogP contribution >= 0.6 is 0 Å². The van der Waals surface area contributed by atoms with Gasteiger partial charge in [0.05, 0.1) is 5.52 Å². The molecule has 2 aliphatic heterocycles. The molecule has 4 rings (SSSR count). The molecule has 1 unspecified atom stereocenters. The number of nitrogens with zero attached hydrogens (tertiary/aromatic N) is 4. The van der Waals surface area contributed by atoms with Crippen LogP contribution < -0.4 is 15.5 Å². The van der Waals surface area contributed by atoms with Crippen LogP contribution in [0.15, 0.2) is 24.8 Å². The van der Waals surface area contributed by atoms with Gasteiger partial charge >= 0.3 is 6.09 Å². The smallest absolute Gasteiger partial charge is 0.407 e. The molecule has 1 aromatic carbocycles. The number of aromatic nitrogens is 2. The highest BCUT2D eigenvalue weighted by molar-refractivity contribution is 5.92. The number of likely N-dealkylation sites (tertiary alicyclic amines) is 1. The maximum absolute atomic E-state index is 12.2. The van der Waals surface area contributed by atoms with Crippen LogP contribution in [0, 0.1) is 11.3 Å². The first-order chi connectivity index (χ1) is 16.6. The second-order valence-electron chi connectivity index (χ2n) is 10.5. The van der Waals surface area contributed by atoms with E-state index in [4.69, 9.17) is 9.97 Å². The predicted molar refractivity (Wildman–Crippen MR) is 139 cm³/mol. The quantitative estimate of drug-likeness (QED) is 0.527. The molecule has 1 aromatic heterocycles. The first-order valence-corrected chi connectivity index (χ1v) is 12.3. The third kappa shape index (κ3) is 5.33. The molecule has 2 amide bonds. The first kappa shape index (κ1) is 24.8. The fourth-order valence-corrected chi connectivity index (χ4v) is 5.18. The Labute approximate surface area is 206 Å². The van der Waals surface area contributed by atoms with Crippen LogP contribution in [0.2, 0.25) is 0 Å². The van der Waals surface area contributed by atoms with Crippen LogP contribution in [0.3, 0.4) is 0 Å². The summed E-state index contributed by atoms with van der Waals surface area (Å²) < 4.78 is 0. The van der Waals surface area contributed by atoms with Gasteiger partial charge in [-0.15, -0.1) is 0 Å². The van der Waals surface area contributed by atoms with Gasteiger partial charge in [-0.25, -0.2) is 9.78 Å². The molecule has 35 heavy (non-hydrogen) atoms. The van der Waals surface area contributed by atoms with Crippen LogP contribution in [-0.4, -0.2) is 71.2 Å². The SMILES string of the molecule is C=C(C)c1ccc2c(NC(CC(=O)NC)CC(C)C)nc(N3CCC4(CN(C(=O)O)C4)C3)nc2c1. The highest BCUT2D eigenvalue weighted by atomic mass is 16.4. The number of carbonyl (C=O) groups is 2. The average molecular weight is 481 g/mol. The number of carboxylic acid groups (broad SMARTS) is 1. The van der Waals surface area contributed by atoms with Crippen LogP contribution in [0.1, 0.15) is 45.6 Å². The van der Waals surface area contributed by atoms with Crippen molar-refractivity contribution in [3.05, 3.63) is 30.3 Å². The van der Waals surface area contributed by atoms with Crippen molar-refractivity contribution in [1.82, 2.24) is 20.2 Å². The van der Waals surface area contributed by atoms with Crippen LogP contribution in [0.5, 0.6) is 0 Å². The van der Waals surface area contributed by atoms with Crippen molar-refractivity contribution in [2.24, 2.45) is 11.3 Å².